The van der Waals surface area contributed by atoms with E-state index in [-0.39, 0.29) is 5.91 Å². The van der Waals surface area contributed by atoms with E-state index in [2.05, 4.69) is 21.3 Å². The number of aromatic nitrogens is 1. The van der Waals surface area contributed by atoms with Crippen LogP contribution >= 0.6 is 0 Å². The number of rotatable bonds is 8. The number of guanidine groups is 1. The van der Waals surface area contributed by atoms with Crippen LogP contribution in [-0.4, -0.2) is 73.0 Å². The van der Waals surface area contributed by atoms with E-state index >= 15 is 0 Å². The summed E-state index contributed by atoms with van der Waals surface area (Å²) in [6.07, 6.45) is 4.33. The highest BCUT2D eigenvalue weighted by atomic mass is 16.2. The standard InChI is InChI=1S/C20H34N6O/c1-5-21-20(24(4)16-19(27)25(6-2)7-3)23-15-17-10-11-22-18(14-17)26-12-8-9-13-26/h10-11,14H,5-9,12-13,15-16H2,1-4H3,(H,21,23). The first-order valence-electron chi connectivity index (χ1n) is 10.1. The van der Waals surface area contributed by atoms with Crippen LogP contribution in [0.5, 0.6) is 0 Å². The van der Waals surface area contributed by atoms with Gasteiger partial charge in [-0.2, -0.15) is 0 Å². The Kier molecular flexibility index (Phi) is 8.36. The summed E-state index contributed by atoms with van der Waals surface area (Å²) in [4.78, 5) is 27.7. The van der Waals surface area contributed by atoms with E-state index in [1.165, 1.54) is 12.8 Å². The van der Waals surface area contributed by atoms with Crippen molar-refractivity contribution in [2.45, 2.75) is 40.2 Å². The van der Waals surface area contributed by atoms with Crippen LogP contribution in [0.1, 0.15) is 39.2 Å². The van der Waals surface area contributed by atoms with Crippen molar-refractivity contribution in [2.75, 3.05) is 51.2 Å². The molecule has 27 heavy (non-hydrogen) atoms. The number of nitrogens with one attached hydrogen (secondary N) is 1. The van der Waals surface area contributed by atoms with E-state index in [4.69, 9.17) is 4.99 Å². The molecule has 0 atom stereocenters. The number of carbonyl (C=O) groups excluding carboxylic acids is 1. The second-order valence-electron chi connectivity index (χ2n) is 6.81. The Morgan fingerprint density at radius 3 is 2.59 bits per heavy atom. The molecule has 1 saturated heterocycles. The number of likely N-dealkylation sites (N-methyl/N-ethyl adjacent to an activating group) is 2. The predicted molar refractivity (Wildman–Crippen MR) is 111 cm³/mol. The Morgan fingerprint density at radius 2 is 1.96 bits per heavy atom. The Labute approximate surface area is 163 Å². The van der Waals surface area contributed by atoms with E-state index in [0.717, 1.165) is 50.1 Å². The molecule has 7 heteroatoms. The van der Waals surface area contributed by atoms with Crippen molar-refractivity contribution in [1.29, 1.82) is 0 Å². The van der Waals surface area contributed by atoms with Gasteiger partial charge in [-0.05, 0) is 51.3 Å². The van der Waals surface area contributed by atoms with Gasteiger partial charge in [0.05, 0.1) is 13.1 Å². The van der Waals surface area contributed by atoms with Crippen LogP contribution < -0.4 is 10.2 Å². The molecule has 1 amide bonds. The molecule has 1 aliphatic rings. The zero-order chi connectivity index (χ0) is 19.6. The van der Waals surface area contributed by atoms with Crippen LogP contribution in [-0.2, 0) is 11.3 Å². The van der Waals surface area contributed by atoms with Gasteiger partial charge in [0.15, 0.2) is 5.96 Å². The molecule has 0 saturated carbocycles. The smallest absolute Gasteiger partial charge is 0.242 e. The molecule has 0 spiro atoms. The fourth-order valence-corrected chi connectivity index (χ4v) is 3.27. The normalized spacial score (nSPS) is 14.4. The SMILES string of the molecule is CCNC(=NCc1ccnc(N2CCCC2)c1)N(C)CC(=O)N(CC)CC. The number of pyridine rings is 1. The third-order valence-electron chi connectivity index (χ3n) is 4.84. The number of hydrogen-bond donors (Lipinski definition) is 1. The van der Waals surface area contributed by atoms with Gasteiger partial charge in [-0.25, -0.2) is 9.98 Å². The van der Waals surface area contributed by atoms with Gasteiger partial charge < -0.3 is 20.0 Å². The van der Waals surface area contributed by atoms with E-state index in [1.54, 1.807) is 0 Å². The van der Waals surface area contributed by atoms with Crippen molar-refractivity contribution >= 4 is 17.7 Å². The average molecular weight is 375 g/mol. The Morgan fingerprint density at radius 1 is 1.26 bits per heavy atom. The number of nitrogens with zero attached hydrogens (tertiary/aromatic N) is 5. The molecule has 1 aromatic heterocycles. The summed E-state index contributed by atoms with van der Waals surface area (Å²) in [6, 6.07) is 4.13. The van der Waals surface area contributed by atoms with Crippen molar-refractivity contribution in [3.8, 4) is 0 Å². The molecule has 150 valence electrons. The molecular formula is C20H34N6O. The van der Waals surface area contributed by atoms with Crippen LogP contribution in [0.4, 0.5) is 5.82 Å². The topological polar surface area (TPSA) is 64.1 Å². The molecule has 0 bridgehead atoms. The predicted octanol–water partition coefficient (Wildman–Crippen LogP) is 1.95. The number of amides is 1. The lowest BCUT2D eigenvalue weighted by Crippen LogP contribution is -2.45. The van der Waals surface area contributed by atoms with Crippen molar-refractivity contribution in [3.63, 3.8) is 0 Å². The quantitative estimate of drug-likeness (QED) is 0.557. The number of carbonyl (C=O) groups is 1. The highest BCUT2D eigenvalue weighted by Crippen LogP contribution is 2.18. The number of anilines is 1. The van der Waals surface area contributed by atoms with Crippen molar-refractivity contribution in [2.24, 2.45) is 4.99 Å². The maximum Gasteiger partial charge on any atom is 0.242 e. The maximum absolute atomic E-state index is 12.4. The van der Waals surface area contributed by atoms with Crippen molar-refractivity contribution in [3.05, 3.63) is 23.9 Å². The summed E-state index contributed by atoms with van der Waals surface area (Å²) >= 11 is 0. The van der Waals surface area contributed by atoms with E-state index in [1.807, 2.05) is 49.9 Å². The van der Waals surface area contributed by atoms with Gasteiger partial charge in [-0.15, -0.1) is 0 Å². The summed E-state index contributed by atoms with van der Waals surface area (Å²) in [5, 5.41) is 3.28. The highest BCUT2D eigenvalue weighted by Gasteiger charge is 2.16. The molecule has 0 aliphatic carbocycles. The number of aliphatic imine (C=N–C) groups is 1. The van der Waals surface area contributed by atoms with Gasteiger partial charge in [0, 0.05) is 46.0 Å². The molecular weight excluding hydrogens is 340 g/mol. The number of hydrogen-bond acceptors (Lipinski definition) is 4. The van der Waals surface area contributed by atoms with E-state index in [0.29, 0.717) is 13.1 Å². The first-order valence-corrected chi connectivity index (χ1v) is 10.1. The van der Waals surface area contributed by atoms with Gasteiger partial charge >= 0.3 is 0 Å². The lowest BCUT2D eigenvalue weighted by molar-refractivity contribution is -0.131. The first-order chi connectivity index (χ1) is 13.1. The average Bonchev–Trinajstić information content (AvgIpc) is 3.21. The van der Waals surface area contributed by atoms with E-state index < -0.39 is 0 Å². The summed E-state index contributed by atoms with van der Waals surface area (Å²) in [6.45, 7) is 11.3. The van der Waals surface area contributed by atoms with Crippen LogP contribution in [0, 0.1) is 0 Å². The minimum absolute atomic E-state index is 0.119. The van der Waals surface area contributed by atoms with Gasteiger partial charge in [-0.3, -0.25) is 4.79 Å². The van der Waals surface area contributed by atoms with Gasteiger partial charge in [0.25, 0.3) is 0 Å². The second-order valence-corrected chi connectivity index (χ2v) is 6.81. The van der Waals surface area contributed by atoms with Crippen molar-refractivity contribution < 1.29 is 4.79 Å². The minimum Gasteiger partial charge on any atom is -0.357 e. The molecule has 1 aliphatic heterocycles. The molecule has 0 unspecified atom stereocenters. The minimum atomic E-state index is 0.119. The maximum atomic E-state index is 12.4. The largest absolute Gasteiger partial charge is 0.357 e. The van der Waals surface area contributed by atoms with Gasteiger partial charge in [0.2, 0.25) is 5.91 Å². The Hall–Kier alpha value is -2.31. The molecule has 0 radical (unpaired) electrons. The molecule has 1 aromatic rings. The lowest BCUT2D eigenvalue weighted by Gasteiger charge is -2.25. The zero-order valence-corrected chi connectivity index (χ0v) is 17.2. The molecule has 7 nitrogen and oxygen atoms in total. The third-order valence-corrected chi connectivity index (χ3v) is 4.84. The van der Waals surface area contributed by atoms with Crippen LogP contribution in [0.3, 0.4) is 0 Å². The van der Waals surface area contributed by atoms with Crippen LogP contribution in [0.2, 0.25) is 0 Å². The highest BCUT2D eigenvalue weighted by molar-refractivity contribution is 5.86. The fourth-order valence-electron chi connectivity index (χ4n) is 3.27. The second kappa shape index (κ2) is 10.7. The summed E-state index contributed by atoms with van der Waals surface area (Å²) in [5.74, 6) is 1.90. The van der Waals surface area contributed by atoms with Gasteiger partial charge in [-0.1, -0.05) is 0 Å². The molecule has 1 N–H and O–H groups in total. The zero-order valence-electron chi connectivity index (χ0n) is 17.2. The fraction of sp³-hybridized carbons (Fsp3) is 0.650. The van der Waals surface area contributed by atoms with Gasteiger partial charge in [0.1, 0.15) is 5.82 Å². The van der Waals surface area contributed by atoms with Crippen LogP contribution in [0.15, 0.2) is 23.3 Å². The Bertz CT molecular complexity index is 623. The monoisotopic (exact) mass is 374 g/mol. The lowest BCUT2D eigenvalue weighted by atomic mass is 10.2. The molecule has 0 aromatic carbocycles. The summed E-state index contributed by atoms with van der Waals surface area (Å²) in [7, 11) is 1.91. The third kappa shape index (κ3) is 6.12. The van der Waals surface area contributed by atoms with Crippen molar-refractivity contribution in [1.82, 2.24) is 20.1 Å². The molecule has 2 heterocycles. The Balaban J connectivity index is 2.03. The van der Waals surface area contributed by atoms with Crippen LogP contribution in [0.25, 0.3) is 0 Å². The summed E-state index contributed by atoms with van der Waals surface area (Å²) in [5.41, 5.74) is 1.13. The first kappa shape index (κ1) is 21.0. The summed E-state index contributed by atoms with van der Waals surface area (Å²) < 4.78 is 0. The molecule has 1 fully saturated rings. The molecule has 2 rings (SSSR count). The van der Waals surface area contributed by atoms with E-state index in [9.17, 15) is 4.79 Å².